The molecule has 0 amide bonds. The third-order valence-electron chi connectivity index (χ3n) is 3.67. The largest absolute Gasteiger partial charge is 0.462 e. The molecule has 22 heavy (non-hydrogen) atoms. The smallest absolute Gasteiger partial charge is 0.343 e. The maximum Gasteiger partial charge on any atom is 0.343 e. The van der Waals surface area contributed by atoms with Crippen LogP contribution >= 0.6 is 0 Å². The lowest BCUT2D eigenvalue weighted by Gasteiger charge is -2.11. The van der Waals surface area contributed by atoms with E-state index in [1.807, 2.05) is 29.8 Å². The lowest BCUT2D eigenvalue weighted by atomic mass is 10.1. The summed E-state index contributed by atoms with van der Waals surface area (Å²) >= 11 is 0. The number of carbonyl (C=O) groups is 1. The van der Waals surface area contributed by atoms with Gasteiger partial charge in [0.05, 0.1) is 17.5 Å². The molecule has 0 unspecified atom stereocenters. The number of esters is 1. The molecular formula is C16H17N3O3. The van der Waals surface area contributed by atoms with Gasteiger partial charge in [0.2, 0.25) is 5.43 Å². The number of aryl methyl sites for hydroxylation is 2. The summed E-state index contributed by atoms with van der Waals surface area (Å²) in [6.07, 6.45) is 3.42. The maximum absolute atomic E-state index is 12.8. The molecule has 6 nitrogen and oxygen atoms in total. The molecule has 114 valence electrons. The molecule has 0 saturated heterocycles. The van der Waals surface area contributed by atoms with Crippen LogP contribution < -0.4 is 5.43 Å². The van der Waals surface area contributed by atoms with Crippen molar-refractivity contribution in [3.63, 3.8) is 0 Å². The summed E-state index contributed by atoms with van der Waals surface area (Å²) < 4.78 is 8.53. The highest BCUT2D eigenvalue weighted by molar-refractivity contribution is 6.06. The molecule has 0 aliphatic rings. The molecule has 0 atom stereocenters. The van der Waals surface area contributed by atoms with Gasteiger partial charge in [0.25, 0.3) is 0 Å². The van der Waals surface area contributed by atoms with Crippen molar-refractivity contribution in [2.45, 2.75) is 20.4 Å². The van der Waals surface area contributed by atoms with Gasteiger partial charge < -0.3 is 9.30 Å². The molecule has 0 aliphatic carbocycles. The van der Waals surface area contributed by atoms with Crippen LogP contribution in [0.5, 0.6) is 0 Å². The third-order valence-corrected chi connectivity index (χ3v) is 3.67. The van der Waals surface area contributed by atoms with Crippen molar-refractivity contribution in [2.75, 3.05) is 6.61 Å². The van der Waals surface area contributed by atoms with Crippen LogP contribution in [0.4, 0.5) is 0 Å². The minimum atomic E-state index is -0.593. The zero-order valence-corrected chi connectivity index (χ0v) is 12.8. The highest BCUT2D eigenvalue weighted by Crippen LogP contribution is 2.22. The fraction of sp³-hybridized carbons (Fsp3) is 0.312. The summed E-state index contributed by atoms with van der Waals surface area (Å²) in [6, 6.07) is 3.82. The Morgan fingerprint density at radius 2 is 2.05 bits per heavy atom. The monoisotopic (exact) mass is 299 g/mol. The van der Waals surface area contributed by atoms with Crippen LogP contribution in [-0.4, -0.2) is 26.9 Å². The molecule has 6 heteroatoms. The number of aromatic nitrogens is 3. The summed E-state index contributed by atoms with van der Waals surface area (Å²) in [7, 11) is 1.80. The van der Waals surface area contributed by atoms with E-state index in [1.165, 1.54) is 0 Å². The molecule has 3 aromatic rings. The van der Waals surface area contributed by atoms with Gasteiger partial charge in [0.15, 0.2) is 0 Å². The molecule has 0 bridgehead atoms. The minimum absolute atomic E-state index is 0.0503. The normalized spacial score (nSPS) is 11.2. The Bertz CT molecular complexity index is 937. The Morgan fingerprint density at radius 1 is 1.27 bits per heavy atom. The minimum Gasteiger partial charge on any atom is -0.462 e. The molecule has 0 radical (unpaired) electrons. The molecule has 2 aromatic heterocycles. The van der Waals surface area contributed by atoms with Gasteiger partial charge >= 0.3 is 5.97 Å². The van der Waals surface area contributed by atoms with Crippen molar-refractivity contribution < 1.29 is 9.53 Å². The van der Waals surface area contributed by atoms with Crippen LogP contribution in [-0.2, 0) is 18.3 Å². The van der Waals surface area contributed by atoms with Gasteiger partial charge in [0.1, 0.15) is 11.1 Å². The number of carbonyl (C=O) groups excluding carboxylic acids is 1. The van der Waals surface area contributed by atoms with Crippen LogP contribution in [0.1, 0.15) is 24.2 Å². The Labute approximate surface area is 126 Å². The van der Waals surface area contributed by atoms with Gasteiger partial charge in [0, 0.05) is 31.4 Å². The zero-order valence-electron chi connectivity index (χ0n) is 12.8. The van der Waals surface area contributed by atoms with Gasteiger partial charge in [-0.05, 0) is 26.0 Å². The van der Waals surface area contributed by atoms with Crippen LogP contribution in [0.25, 0.3) is 21.8 Å². The maximum atomic E-state index is 12.8. The summed E-state index contributed by atoms with van der Waals surface area (Å²) in [5.41, 5.74) is 1.10. The van der Waals surface area contributed by atoms with Crippen molar-refractivity contribution in [3.8, 4) is 0 Å². The van der Waals surface area contributed by atoms with E-state index in [4.69, 9.17) is 4.74 Å². The van der Waals surface area contributed by atoms with E-state index in [-0.39, 0.29) is 17.6 Å². The van der Waals surface area contributed by atoms with Crippen LogP contribution in [0, 0.1) is 0 Å². The van der Waals surface area contributed by atoms with E-state index < -0.39 is 5.97 Å². The molecule has 0 N–H and O–H groups in total. The Hall–Kier alpha value is -2.63. The zero-order chi connectivity index (χ0) is 15.9. The van der Waals surface area contributed by atoms with E-state index in [2.05, 4.69) is 5.10 Å². The van der Waals surface area contributed by atoms with E-state index in [1.54, 1.807) is 24.9 Å². The summed E-state index contributed by atoms with van der Waals surface area (Å²) in [6.45, 7) is 4.55. The first-order chi connectivity index (χ1) is 10.6. The standard InChI is InChI=1S/C16H17N3O3/c1-4-19-9-11(16(21)22-5-2)15(20)13-12(19)7-6-10-8-18(3)17-14(10)13/h6-9H,4-5H2,1-3H3. The molecule has 0 saturated carbocycles. The summed E-state index contributed by atoms with van der Waals surface area (Å²) in [4.78, 5) is 24.8. The van der Waals surface area contributed by atoms with E-state index in [0.29, 0.717) is 17.4 Å². The first-order valence-corrected chi connectivity index (χ1v) is 7.23. The predicted octanol–water partition coefficient (Wildman–Crippen LogP) is 2.08. The van der Waals surface area contributed by atoms with Gasteiger partial charge in [-0.3, -0.25) is 9.48 Å². The second kappa shape index (κ2) is 5.29. The number of hydrogen-bond acceptors (Lipinski definition) is 4. The number of nitrogens with zero attached hydrogens (tertiary/aromatic N) is 3. The van der Waals surface area contributed by atoms with E-state index in [9.17, 15) is 9.59 Å². The molecule has 2 heterocycles. The molecule has 3 rings (SSSR count). The highest BCUT2D eigenvalue weighted by Gasteiger charge is 2.18. The van der Waals surface area contributed by atoms with Gasteiger partial charge in [-0.2, -0.15) is 5.10 Å². The van der Waals surface area contributed by atoms with E-state index in [0.717, 1.165) is 10.9 Å². The Balaban J connectivity index is 2.45. The van der Waals surface area contributed by atoms with Crippen LogP contribution in [0.15, 0.2) is 29.3 Å². The SMILES string of the molecule is CCOC(=O)c1cn(CC)c2ccc3cn(C)nc3c2c1=O. The van der Waals surface area contributed by atoms with Crippen LogP contribution in [0.2, 0.25) is 0 Å². The van der Waals surface area contributed by atoms with Gasteiger partial charge in [-0.15, -0.1) is 0 Å². The lowest BCUT2D eigenvalue weighted by Crippen LogP contribution is -2.21. The van der Waals surface area contributed by atoms with E-state index >= 15 is 0 Å². The number of fused-ring (bicyclic) bond motifs is 3. The summed E-state index contributed by atoms with van der Waals surface area (Å²) in [5, 5.41) is 5.71. The van der Waals surface area contributed by atoms with Gasteiger partial charge in [-0.1, -0.05) is 0 Å². The van der Waals surface area contributed by atoms with Crippen molar-refractivity contribution in [1.82, 2.24) is 14.3 Å². The lowest BCUT2D eigenvalue weighted by molar-refractivity contribution is 0.0524. The molecule has 0 aliphatic heterocycles. The molecule has 1 aromatic carbocycles. The molecule has 0 fully saturated rings. The van der Waals surface area contributed by atoms with Crippen molar-refractivity contribution in [1.29, 1.82) is 0 Å². The first-order valence-electron chi connectivity index (χ1n) is 7.23. The topological polar surface area (TPSA) is 66.1 Å². The number of benzene rings is 1. The average Bonchev–Trinajstić information content (AvgIpc) is 2.87. The fourth-order valence-electron chi connectivity index (χ4n) is 2.69. The van der Waals surface area contributed by atoms with Crippen molar-refractivity contribution in [3.05, 3.63) is 40.3 Å². The fourth-order valence-corrected chi connectivity index (χ4v) is 2.69. The number of hydrogen-bond donors (Lipinski definition) is 0. The Kier molecular flexibility index (Phi) is 3.44. The molecule has 0 spiro atoms. The number of pyridine rings is 1. The number of ether oxygens (including phenoxy) is 1. The second-order valence-corrected chi connectivity index (χ2v) is 5.08. The Morgan fingerprint density at radius 3 is 2.73 bits per heavy atom. The highest BCUT2D eigenvalue weighted by atomic mass is 16.5. The second-order valence-electron chi connectivity index (χ2n) is 5.08. The predicted molar refractivity (Wildman–Crippen MR) is 84.1 cm³/mol. The summed E-state index contributed by atoms with van der Waals surface area (Å²) in [5.74, 6) is -0.593. The van der Waals surface area contributed by atoms with Crippen molar-refractivity contribution >= 4 is 27.8 Å². The van der Waals surface area contributed by atoms with Crippen molar-refractivity contribution in [2.24, 2.45) is 7.05 Å². The van der Waals surface area contributed by atoms with Gasteiger partial charge in [-0.25, -0.2) is 4.79 Å². The average molecular weight is 299 g/mol. The first kappa shape index (κ1) is 14.3. The third kappa shape index (κ3) is 2.07. The molecular weight excluding hydrogens is 282 g/mol. The van der Waals surface area contributed by atoms with Crippen LogP contribution in [0.3, 0.4) is 0 Å². The number of rotatable bonds is 3. The quantitative estimate of drug-likeness (QED) is 0.695.